The maximum absolute atomic E-state index is 11.6. The van der Waals surface area contributed by atoms with Gasteiger partial charge in [-0.15, -0.1) is 0 Å². The molecule has 0 spiro atoms. The predicted octanol–water partition coefficient (Wildman–Crippen LogP) is 0.934. The molecule has 0 radical (unpaired) electrons. The number of carbonyl (C=O) groups excluding carboxylic acids is 1. The van der Waals surface area contributed by atoms with E-state index >= 15 is 0 Å². The van der Waals surface area contributed by atoms with Crippen LogP contribution in [0, 0.1) is 0 Å². The number of amides is 1. The number of benzene rings is 1. The first kappa shape index (κ1) is 15.5. The van der Waals surface area contributed by atoms with Crippen molar-refractivity contribution < 1.29 is 14.3 Å². The molecule has 1 rings (SSSR count). The van der Waals surface area contributed by atoms with Crippen LogP contribution in [0.25, 0.3) is 0 Å². The van der Waals surface area contributed by atoms with E-state index in [2.05, 4.69) is 5.32 Å². The number of ether oxygens (including phenoxy) is 2. The molecule has 0 aromatic heterocycles. The second-order valence-electron chi connectivity index (χ2n) is 4.34. The molecule has 0 bridgehead atoms. The summed E-state index contributed by atoms with van der Waals surface area (Å²) in [4.78, 5) is 11.6. The van der Waals surface area contributed by atoms with Crippen LogP contribution in [-0.2, 0) is 9.53 Å². The lowest BCUT2D eigenvalue weighted by molar-refractivity contribution is -0.123. The summed E-state index contributed by atoms with van der Waals surface area (Å²) in [5.41, 5.74) is 5.46. The van der Waals surface area contributed by atoms with Gasteiger partial charge in [-0.2, -0.15) is 0 Å². The molecular formula is C14H22N2O3. The number of nitrogens with two attached hydrogens (primary N) is 1. The van der Waals surface area contributed by atoms with E-state index in [-0.39, 0.29) is 24.5 Å². The number of rotatable bonds is 8. The fourth-order valence-corrected chi connectivity index (χ4v) is 1.57. The Hall–Kier alpha value is -1.59. The number of para-hydroxylation sites is 1. The Balaban J connectivity index is 2.26. The van der Waals surface area contributed by atoms with E-state index in [0.29, 0.717) is 13.1 Å². The van der Waals surface area contributed by atoms with Gasteiger partial charge in [0.25, 0.3) is 0 Å². The number of carbonyl (C=O) groups is 1. The third kappa shape index (κ3) is 6.22. The molecule has 0 heterocycles. The van der Waals surface area contributed by atoms with Gasteiger partial charge in [-0.3, -0.25) is 4.79 Å². The molecule has 2 unspecified atom stereocenters. The predicted molar refractivity (Wildman–Crippen MR) is 74.0 cm³/mol. The van der Waals surface area contributed by atoms with Crippen LogP contribution in [0.5, 0.6) is 5.75 Å². The maximum atomic E-state index is 11.6. The van der Waals surface area contributed by atoms with Crippen LogP contribution in [-0.4, -0.2) is 38.3 Å². The van der Waals surface area contributed by atoms with Gasteiger partial charge in [0.1, 0.15) is 11.9 Å². The summed E-state index contributed by atoms with van der Waals surface area (Å²) in [6.45, 7) is 2.69. The summed E-state index contributed by atoms with van der Waals surface area (Å²) in [5, 5.41) is 2.80. The molecule has 0 aliphatic rings. The second kappa shape index (κ2) is 8.50. The van der Waals surface area contributed by atoms with Gasteiger partial charge in [-0.05, 0) is 19.1 Å². The average molecular weight is 266 g/mol. The fraction of sp³-hybridized carbons (Fsp3) is 0.500. The second-order valence-corrected chi connectivity index (χ2v) is 4.34. The first-order valence-electron chi connectivity index (χ1n) is 6.37. The van der Waals surface area contributed by atoms with Crippen LogP contribution < -0.4 is 15.8 Å². The molecule has 0 aliphatic heterocycles. The summed E-state index contributed by atoms with van der Waals surface area (Å²) >= 11 is 0. The lowest BCUT2D eigenvalue weighted by Gasteiger charge is -2.17. The van der Waals surface area contributed by atoms with Crippen molar-refractivity contribution in [3.05, 3.63) is 30.3 Å². The lowest BCUT2D eigenvalue weighted by Crippen LogP contribution is -2.37. The number of methoxy groups -OCH3 is 1. The topological polar surface area (TPSA) is 73.6 Å². The summed E-state index contributed by atoms with van der Waals surface area (Å²) in [7, 11) is 1.55. The Morgan fingerprint density at radius 2 is 2.05 bits per heavy atom. The van der Waals surface area contributed by atoms with Crippen LogP contribution in [0.4, 0.5) is 0 Å². The third-order valence-electron chi connectivity index (χ3n) is 2.68. The van der Waals surface area contributed by atoms with Crippen molar-refractivity contribution in [2.24, 2.45) is 5.73 Å². The van der Waals surface area contributed by atoms with Gasteiger partial charge in [-0.1, -0.05) is 18.2 Å². The molecule has 5 nitrogen and oxygen atoms in total. The van der Waals surface area contributed by atoms with Gasteiger partial charge in [0, 0.05) is 13.7 Å². The van der Waals surface area contributed by atoms with E-state index in [1.165, 1.54) is 0 Å². The Morgan fingerprint density at radius 3 is 2.63 bits per heavy atom. The molecule has 19 heavy (non-hydrogen) atoms. The Labute approximate surface area is 114 Å². The zero-order valence-corrected chi connectivity index (χ0v) is 11.5. The standard InChI is InChI=1S/C14H22N2O3/c1-11(19-12-6-4-3-5-7-12)10-16-14(17)8-13(9-15)18-2/h3-7,11,13H,8-10,15H2,1-2H3,(H,16,17). The molecule has 0 saturated heterocycles. The molecular weight excluding hydrogens is 244 g/mol. The van der Waals surface area contributed by atoms with Crippen LogP contribution in [0.15, 0.2) is 30.3 Å². The largest absolute Gasteiger partial charge is 0.489 e. The van der Waals surface area contributed by atoms with E-state index in [9.17, 15) is 4.79 Å². The van der Waals surface area contributed by atoms with E-state index in [1.54, 1.807) is 7.11 Å². The number of nitrogens with one attached hydrogen (secondary N) is 1. The van der Waals surface area contributed by atoms with Crippen molar-refractivity contribution in [2.75, 3.05) is 20.2 Å². The number of hydrogen-bond acceptors (Lipinski definition) is 4. The third-order valence-corrected chi connectivity index (χ3v) is 2.68. The van der Waals surface area contributed by atoms with Crippen molar-refractivity contribution in [3.63, 3.8) is 0 Å². The summed E-state index contributed by atoms with van der Waals surface area (Å²) in [6, 6.07) is 9.51. The minimum atomic E-state index is -0.231. The van der Waals surface area contributed by atoms with Gasteiger partial charge in [0.2, 0.25) is 5.91 Å². The zero-order valence-electron chi connectivity index (χ0n) is 11.5. The highest BCUT2D eigenvalue weighted by molar-refractivity contribution is 5.76. The van der Waals surface area contributed by atoms with Crippen LogP contribution in [0.1, 0.15) is 13.3 Å². The highest BCUT2D eigenvalue weighted by Crippen LogP contribution is 2.10. The summed E-state index contributed by atoms with van der Waals surface area (Å²) < 4.78 is 10.7. The van der Waals surface area contributed by atoms with Crippen LogP contribution in [0.2, 0.25) is 0 Å². The van der Waals surface area contributed by atoms with Crippen LogP contribution >= 0.6 is 0 Å². The van der Waals surface area contributed by atoms with Crippen molar-refractivity contribution in [2.45, 2.75) is 25.6 Å². The molecule has 1 aromatic carbocycles. The Morgan fingerprint density at radius 1 is 1.37 bits per heavy atom. The van der Waals surface area contributed by atoms with E-state index in [1.807, 2.05) is 37.3 Å². The van der Waals surface area contributed by atoms with E-state index in [0.717, 1.165) is 5.75 Å². The molecule has 1 aromatic rings. The van der Waals surface area contributed by atoms with Gasteiger partial charge >= 0.3 is 0 Å². The molecule has 1 amide bonds. The molecule has 5 heteroatoms. The Kier molecular flexibility index (Phi) is 6.92. The summed E-state index contributed by atoms with van der Waals surface area (Å²) in [5.74, 6) is 0.710. The Bertz CT molecular complexity index is 366. The molecule has 0 fully saturated rings. The normalized spacial score (nSPS) is 13.6. The van der Waals surface area contributed by atoms with Crippen molar-refractivity contribution in [3.8, 4) is 5.75 Å². The van der Waals surface area contributed by atoms with Crippen molar-refractivity contribution >= 4 is 5.91 Å². The van der Waals surface area contributed by atoms with Crippen LogP contribution in [0.3, 0.4) is 0 Å². The minimum Gasteiger partial charge on any atom is -0.489 e. The van der Waals surface area contributed by atoms with E-state index < -0.39 is 0 Å². The minimum absolute atomic E-state index is 0.0826. The lowest BCUT2D eigenvalue weighted by atomic mass is 10.2. The van der Waals surface area contributed by atoms with E-state index in [4.69, 9.17) is 15.2 Å². The average Bonchev–Trinajstić information content (AvgIpc) is 2.43. The maximum Gasteiger partial charge on any atom is 0.222 e. The van der Waals surface area contributed by atoms with Gasteiger partial charge < -0.3 is 20.5 Å². The molecule has 0 aliphatic carbocycles. The smallest absolute Gasteiger partial charge is 0.222 e. The summed E-state index contributed by atoms with van der Waals surface area (Å²) in [6.07, 6.45) is -0.0546. The molecule has 0 saturated carbocycles. The zero-order chi connectivity index (χ0) is 14.1. The highest BCUT2D eigenvalue weighted by atomic mass is 16.5. The van der Waals surface area contributed by atoms with Gasteiger partial charge in [0.15, 0.2) is 0 Å². The highest BCUT2D eigenvalue weighted by Gasteiger charge is 2.12. The quantitative estimate of drug-likeness (QED) is 0.734. The molecule has 106 valence electrons. The first-order chi connectivity index (χ1) is 9.15. The monoisotopic (exact) mass is 266 g/mol. The molecule has 3 N–H and O–H groups in total. The number of hydrogen-bond donors (Lipinski definition) is 2. The van der Waals surface area contributed by atoms with Gasteiger partial charge in [0.05, 0.1) is 19.1 Å². The fourth-order valence-electron chi connectivity index (χ4n) is 1.57. The molecule has 2 atom stereocenters. The SMILES string of the molecule is COC(CN)CC(=O)NCC(C)Oc1ccccc1. The van der Waals surface area contributed by atoms with Gasteiger partial charge in [-0.25, -0.2) is 0 Å². The first-order valence-corrected chi connectivity index (χ1v) is 6.37. The van der Waals surface area contributed by atoms with Crippen molar-refractivity contribution in [1.82, 2.24) is 5.32 Å². The van der Waals surface area contributed by atoms with Crippen molar-refractivity contribution in [1.29, 1.82) is 0 Å².